The van der Waals surface area contributed by atoms with Crippen LogP contribution in [-0.2, 0) is 6.42 Å². The van der Waals surface area contributed by atoms with Crippen molar-refractivity contribution in [2.24, 2.45) is 0 Å². The van der Waals surface area contributed by atoms with Crippen molar-refractivity contribution >= 4 is 0 Å². The monoisotopic (exact) mass is 134 g/mol. The Kier molecular flexibility index (Phi) is 1.13. The zero-order valence-corrected chi connectivity index (χ0v) is 5.32. The highest BCUT2D eigenvalue weighted by Crippen LogP contribution is 2.15. The minimum Gasteiger partial charge on any atom is -0.446 e. The second-order valence-corrected chi connectivity index (χ2v) is 2.00. The lowest BCUT2D eigenvalue weighted by atomic mass is 10.3. The van der Waals surface area contributed by atoms with Gasteiger partial charge in [-0.1, -0.05) is 0 Å². The average molecular weight is 134 g/mol. The van der Waals surface area contributed by atoms with Gasteiger partial charge in [-0.2, -0.15) is 0 Å². The Morgan fingerprint density at radius 1 is 1.30 bits per heavy atom. The Morgan fingerprint density at radius 3 is 3.10 bits per heavy atom. The summed E-state index contributed by atoms with van der Waals surface area (Å²) in [6.45, 7) is 0. The first-order valence-electron chi connectivity index (χ1n) is 3.08. The van der Waals surface area contributed by atoms with Crippen LogP contribution in [0, 0.1) is 0 Å². The predicted molar refractivity (Wildman–Crippen MR) is 35.5 cm³/mol. The van der Waals surface area contributed by atoms with Crippen LogP contribution in [0.3, 0.4) is 0 Å². The van der Waals surface area contributed by atoms with Crippen LogP contribution < -0.4 is 4.74 Å². The van der Waals surface area contributed by atoms with Crippen molar-refractivity contribution in [3.05, 3.63) is 30.4 Å². The molecule has 1 aromatic rings. The number of rotatable bonds is 0. The van der Waals surface area contributed by atoms with E-state index in [1.165, 1.54) is 0 Å². The van der Waals surface area contributed by atoms with E-state index >= 15 is 0 Å². The molecule has 0 fully saturated rings. The van der Waals surface area contributed by atoms with E-state index < -0.39 is 0 Å². The lowest BCUT2D eigenvalue weighted by Crippen LogP contribution is -2.00. The van der Waals surface area contributed by atoms with Gasteiger partial charge in [0.05, 0.1) is 6.26 Å². The van der Waals surface area contributed by atoms with Crippen LogP contribution in [0.15, 0.2) is 24.7 Å². The molecule has 0 amide bonds. The van der Waals surface area contributed by atoms with Crippen molar-refractivity contribution in [1.82, 2.24) is 9.97 Å². The van der Waals surface area contributed by atoms with Gasteiger partial charge >= 0.3 is 0 Å². The minimum absolute atomic E-state index is 0.630. The second-order valence-electron chi connectivity index (χ2n) is 2.00. The van der Waals surface area contributed by atoms with Crippen LogP contribution in [0.2, 0.25) is 0 Å². The molecular weight excluding hydrogens is 128 g/mol. The molecule has 0 unspecified atom stereocenters. The number of hydrogen-bond acceptors (Lipinski definition) is 3. The summed E-state index contributed by atoms with van der Waals surface area (Å²) in [6.07, 6.45) is 7.66. The van der Waals surface area contributed by atoms with E-state index in [0.29, 0.717) is 5.88 Å². The second kappa shape index (κ2) is 2.10. The SMILES string of the molecule is C1=COc2nccnc2C1. The third-order valence-electron chi connectivity index (χ3n) is 1.32. The topological polar surface area (TPSA) is 35.0 Å². The van der Waals surface area contributed by atoms with Crippen molar-refractivity contribution in [1.29, 1.82) is 0 Å². The summed E-state index contributed by atoms with van der Waals surface area (Å²) in [7, 11) is 0. The third kappa shape index (κ3) is 0.757. The Labute approximate surface area is 58.4 Å². The van der Waals surface area contributed by atoms with E-state index in [9.17, 15) is 0 Å². The number of allylic oxidation sites excluding steroid dienone is 1. The summed E-state index contributed by atoms with van der Waals surface area (Å²) in [5, 5.41) is 0. The van der Waals surface area contributed by atoms with E-state index in [-0.39, 0.29) is 0 Å². The molecule has 0 saturated heterocycles. The lowest BCUT2D eigenvalue weighted by molar-refractivity contribution is 0.440. The van der Waals surface area contributed by atoms with E-state index in [1.807, 2.05) is 6.08 Å². The molecule has 0 saturated carbocycles. The highest BCUT2D eigenvalue weighted by molar-refractivity contribution is 5.23. The maximum Gasteiger partial charge on any atom is 0.240 e. The zero-order chi connectivity index (χ0) is 6.81. The molecular formula is C7H6N2O. The molecule has 1 aliphatic heterocycles. The number of nitrogens with zero attached hydrogens (tertiary/aromatic N) is 2. The maximum absolute atomic E-state index is 5.07. The molecule has 1 aliphatic rings. The van der Waals surface area contributed by atoms with Crippen molar-refractivity contribution in [2.75, 3.05) is 0 Å². The number of fused-ring (bicyclic) bond motifs is 1. The summed E-state index contributed by atoms with van der Waals surface area (Å²) < 4.78 is 5.07. The van der Waals surface area contributed by atoms with Crippen molar-refractivity contribution in [3.8, 4) is 5.88 Å². The lowest BCUT2D eigenvalue weighted by Gasteiger charge is -2.06. The molecule has 2 rings (SSSR count). The normalized spacial score (nSPS) is 14.0. The maximum atomic E-state index is 5.07. The molecule has 10 heavy (non-hydrogen) atoms. The molecule has 50 valence electrons. The minimum atomic E-state index is 0.630. The van der Waals surface area contributed by atoms with Gasteiger partial charge < -0.3 is 4.74 Å². The molecule has 0 aromatic carbocycles. The summed E-state index contributed by atoms with van der Waals surface area (Å²) >= 11 is 0. The van der Waals surface area contributed by atoms with E-state index in [2.05, 4.69) is 9.97 Å². The number of aromatic nitrogens is 2. The number of hydrogen-bond donors (Lipinski definition) is 0. The molecule has 0 bridgehead atoms. The number of ether oxygens (including phenoxy) is 1. The van der Waals surface area contributed by atoms with E-state index in [4.69, 9.17) is 4.74 Å². The van der Waals surface area contributed by atoms with Crippen molar-refractivity contribution < 1.29 is 4.74 Å². The molecule has 0 atom stereocenters. The van der Waals surface area contributed by atoms with Gasteiger partial charge in [-0.25, -0.2) is 4.98 Å². The average Bonchev–Trinajstić information content (AvgIpc) is 2.05. The smallest absolute Gasteiger partial charge is 0.240 e. The highest BCUT2D eigenvalue weighted by atomic mass is 16.5. The predicted octanol–water partition coefficient (Wildman–Crippen LogP) is 0.925. The Bertz CT molecular complexity index is 243. The van der Waals surface area contributed by atoms with Crippen molar-refractivity contribution in [2.45, 2.75) is 6.42 Å². The largest absolute Gasteiger partial charge is 0.446 e. The Balaban J connectivity index is 2.47. The third-order valence-corrected chi connectivity index (χ3v) is 1.32. The van der Waals surface area contributed by atoms with Gasteiger partial charge in [-0.05, 0) is 6.08 Å². The standard InChI is InChI=1S/C7H6N2O/c1-2-6-7(10-5-1)9-4-3-8-6/h1,3-5H,2H2. The van der Waals surface area contributed by atoms with Crippen molar-refractivity contribution in [3.63, 3.8) is 0 Å². The van der Waals surface area contributed by atoms with Crippen LogP contribution in [0.1, 0.15) is 5.69 Å². The first-order chi connectivity index (χ1) is 4.97. The van der Waals surface area contributed by atoms with E-state index in [1.54, 1.807) is 18.7 Å². The van der Waals surface area contributed by atoms with Crippen LogP contribution >= 0.6 is 0 Å². The van der Waals surface area contributed by atoms with Gasteiger partial charge in [0.2, 0.25) is 5.88 Å². The molecule has 0 aliphatic carbocycles. The van der Waals surface area contributed by atoms with Crippen LogP contribution in [-0.4, -0.2) is 9.97 Å². The van der Waals surface area contributed by atoms with Gasteiger partial charge in [-0.15, -0.1) is 0 Å². The Morgan fingerprint density at radius 2 is 2.20 bits per heavy atom. The van der Waals surface area contributed by atoms with Gasteiger partial charge in [0.25, 0.3) is 0 Å². The van der Waals surface area contributed by atoms with Gasteiger partial charge in [0.15, 0.2) is 0 Å². The van der Waals surface area contributed by atoms with Gasteiger partial charge in [0.1, 0.15) is 5.69 Å². The fourth-order valence-electron chi connectivity index (χ4n) is 0.865. The highest BCUT2D eigenvalue weighted by Gasteiger charge is 2.06. The van der Waals surface area contributed by atoms with Crippen LogP contribution in [0.25, 0.3) is 0 Å². The molecule has 0 radical (unpaired) electrons. The molecule has 3 heteroatoms. The first kappa shape index (κ1) is 5.41. The fourth-order valence-corrected chi connectivity index (χ4v) is 0.865. The van der Waals surface area contributed by atoms with Crippen LogP contribution in [0.5, 0.6) is 5.88 Å². The fraction of sp³-hybridized carbons (Fsp3) is 0.143. The van der Waals surface area contributed by atoms with Crippen LogP contribution in [0.4, 0.5) is 0 Å². The molecule has 2 heterocycles. The molecule has 3 nitrogen and oxygen atoms in total. The van der Waals surface area contributed by atoms with Gasteiger partial charge in [0, 0.05) is 18.8 Å². The zero-order valence-electron chi connectivity index (χ0n) is 5.32. The summed E-state index contributed by atoms with van der Waals surface area (Å²) in [4.78, 5) is 8.06. The van der Waals surface area contributed by atoms with E-state index in [0.717, 1.165) is 12.1 Å². The summed E-state index contributed by atoms with van der Waals surface area (Å²) in [5.74, 6) is 0.630. The first-order valence-corrected chi connectivity index (χ1v) is 3.08. The molecule has 1 aromatic heterocycles. The quantitative estimate of drug-likeness (QED) is 0.529. The molecule has 0 N–H and O–H groups in total. The summed E-state index contributed by atoms with van der Waals surface area (Å²) in [5.41, 5.74) is 0.907. The summed E-state index contributed by atoms with van der Waals surface area (Å²) in [6, 6.07) is 0. The van der Waals surface area contributed by atoms with Gasteiger partial charge in [-0.3, -0.25) is 4.98 Å². The Hall–Kier alpha value is -1.38. The molecule has 0 spiro atoms.